The first-order chi connectivity index (χ1) is 48.3. The fourth-order valence-corrected chi connectivity index (χ4v) is 15.4. The van der Waals surface area contributed by atoms with Crippen molar-refractivity contribution in [3.63, 3.8) is 0 Å². The van der Waals surface area contributed by atoms with Crippen molar-refractivity contribution >= 4 is 11.4 Å². The maximum absolute atomic E-state index is 13.1. The van der Waals surface area contributed by atoms with Crippen molar-refractivity contribution in [2.24, 2.45) is 0 Å². The van der Waals surface area contributed by atoms with Crippen molar-refractivity contribution < 1.29 is 21.2 Å². The van der Waals surface area contributed by atoms with Crippen LogP contribution in [-0.4, -0.2) is 4.70 Å². The van der Waals surface area contributed by atoms with E-state index < -0.39 is 0 Å². The monoisotopic (exact) mass is 1410 g/mol. The summed E-state index contributed by atoms with van der Waals surface area (Å²) in [5.41, 5.74) is 30.4. The Hall–Kier alpha value is -1.99. The Kier molecular flexibility index (Phi) is 71.5. The van der Waals surface area contributed by atoms with Gasteiger partial charge in [-0.15, -0.1) is 0 Å². The maximum atomic E-state index is 13.1. The summed E-state index contributed by atoms with van der Waals surface area (Å²) in [7, 11) is 0. The average molecular weight is 1420 g/mol. The first-order valence-electron chi connectivity index (χ1n) is 45.1. The van der Waals surface area contributed by atoms with Crippen LogP contribution in [0, 0.1) is 13.8 Å². The van der Waals surface area contributed by atoms with Gasteiger partial charge in [-0.2, -0.15) is 12.8 Å². The number of unbranched alkanes of at least 4 members (excludes halogenated alkanes) is 50. The number of rotatable bonds is 68. The Morgan fingerprint density at radius 1 is 0.222 bits per heavy atom. The van der Waals surface area contributed by atoms with Crippen LogP contribution in [0.4, 0.5) is 0 Å². The molecule has 578 valence electrons. The smallest absolute Gasteiger partial charge is 0.493 e. The van der Waals surface area contributed by atoms with E-state index in [1.807, 2.05) is 0 Å². The third kappa shape index (κ3) is 48.7. The van der Waals surface area contributed by atoms with Crippen molar-refractivity contribution in [1.82, 2.24) is 0 Å². The molecule has 0 spiro atoms. The Bertz CT molecular complexity index is 1910. The fourth-order valence-electron chi connectivity index (χ4n) is 15.4. The zero-order valence-electron chi connectivity index (χ0n) is 69.0. The summed E-state index contributed by atoms with van der Waals surface area (Å²) in [6, 6.07) is 10.3. The van der Waals surface area contributed by atoms with E-state index in [1.54, 1.807) is 38.1 Å². The molecule has 3 rings (SSSR count). The topological polar surface area (TPSA) is 25.3 Å². The van der Waals surface area contributed by atoms with E-state index in [-0.39, 0.29) is 16.5 Å². The van der Waals surface area contributed by atoms with Gasteiger partial charge < -0.3 is 19.4 Å². The summed E-state index contributed by atoms with van der Waals surface area (Å²) in [6.45, 7) is 31.0. The second-order valence-electron chi connectivity index (χ2n) is 31.2. The van der Waals surface area contributed by atoms with Gasteiger partial charge in [-0.05, 0) is 160 Å². The van der Waals surface area contributed by atoms with E-state index in [1.165, 1.54) is 382 Å². The van der Waals surface area contributed by atoms with Crippen LogP contribution in [0.15, 0.2) is 35.4 Å². The molecule has 1 aliphatic heterocycles. The molecule has 0 radical (unpaired) electrons. The average Bonchev–Trinajstić information content (AvgIpc) is 1.61. The van der Waals surface area contributed by atoms with Crippen LogP contribution in [0.3, 0.4) is 0 Å². The van der Waals surface area contributed by atoms with Gasteiger partial charge in [-0.1, -0.05) is 390 Å². The molecule has 2 aromatic carbocycles. The van der Waals surface area contributed by atoms with E-state index in [4.69, 9.17) is 0 Å². The van der Waals surface area contributed by atoms with Gasteiger partial charge >= 0.3 is 16.5 Å². The Labute approximate surface area is 633 Å². The van der Waals surface area contributed by atoms with Crippen LogP contribution in [0.1, 0.15) is 512 Å². The number of hydrogen-bond donors (Lipinski definition) is 0. The van der Waals surface area contributed by atoms with Gasteiger partial charge in [0, 0.05) is 22.3 Å². The van der Waals surface area contributed by atoms with E-state index in [0.29, 0.717) is 0 Å². The predicted molar refractivity (Wildman–Crippen MR) is 446 cm³/mol. The standard InChI is InChI=1S/C60H100N2.2C18H37.Ni/c1-9-17-25-31-37-49-45-53(46-50(38-32-26-18-10-2)55(49)43-35-29-21-13-5)59-57(41-23-15-7)58(42-24-16-8)60(62(59)61)54-47-51(39-33-27-19-11-3)56(44-36-30-22-14-6)52(48-54)40-34-28-20-12-4;2*1-3-5-7-9-11-13-15-17-18-16-14-12-10-8-6-4-2;/h45-48H,9-44H2,1-8H3;2*1,3-18H2,2H3;/q;2*-1;+2. The van der Waals surface area contributed by atoms with Crippen molar-refractivity contribution in [2.45, 2.75) is 506 Å². The second-order valence-corrected chi connectivity index (χ2v) is 31.2. The van der Waals surface area contributed by atoms with Crippen molar-refractivity contribution in [1.29, 1.82) is 0 Å². The molecule has 0 saturated heterocycles. The normalized spacial score (nSPS) is 12.2. The number of allylic oxidation sites excluding steroid dienone is 2. The van der Waals surface area contributed by atoms with E-state index in [0.717, 1.165) is 88.4 Å². The molecule has 0 fully saturated rings. The summed E-state index contributed by atoms with van der Waals surface area (Å²) in [6.07, 6.45) is 90.5. The first kappa shape index (κ1) is 97.0. The van der Waals surface area contributed by atoms with Crippen LogP contribution in [0.2, 0.25) is 0 Å². The first-order valence-corrected chi connectivity index (χ1v) is 45.1. The minimum atomic E-state index is 0. The van der Waals surface area contributed by atoms with Gasteiger partial charge in [0.2, 0.25) is 11.4 Å². The molecule has 0 N–H and O–H groups in total. The van der Waals surface area contributed by atoms with Gasteiger partial charge in [0.25, 0.3) is 0 Å². The van der Waals surface area contributed by atoms with Crippen molar-refractivity contribution in [2.75, 3.05) is 0 Å². The van der Waals surface area contributed by atoms with Gasteiger partial charge in [0.1, 0.15) is 0 Å². The van der Waals surface area contributed by atoms with Crippen molar-refractivity contribution in [3.05, 3.63) is 99.3 Å². The number of hydrogen-bond acceptors (Lipinski definition) is 0. The number of aryl methyl sites for hydroxylation is 4. The SMILES string of the molecule is CCCCCCc1cc(C2=C(CCCC)C(CCCC)=C(c3cc(CCCCCC)c(CCCCCC)c(CCCCCC)c3)[N+]2=[N-])cc(CCCCCC)c1CCCCCC.[CH2-]CCCCCCCCCCCCCCCCC.[CH2-]CCCCCCCCCCCCCCCCC.[Ni+2]. The summed E-state index contributed by atoms with van der Waals surface area (Å²) < 4.78 is 1.76. The van der Waals surface area contributed by atoms with Crippen LogP contribution in [-0.2, 0) is 55.0 Å². The van der Waals surface area contributed by atoms with E-state index >= 15 is 0 Å². The van der Waals surface area contributed by atoms with Crippen LogP contribution in [0.25, 0.3) is 16.9 Å². The zero-order chi connectivity index (χ0) is 71.4. The molecule has 0 amide bonds. The summed E-state index contributed by atoms with van der Waals surface area (Å²) in [4.78, 5) is 0. The van der Waals surface area contributed by atoms with Gasteiger partial charge in [0.15, 0.2) is 0 Å². The van der Waals surface area contributed by atoms with Crippen molar-refractivity contribution in [3.8, 4) is 0 Å². The molecule has 0 bridgehead atoms. The molecule has 0 aliphatic carbocycles. The van der Waals surface area contributed by atoms with Crippen LogP contribution < -0.4 is 0 Å². The summed E-state index contributed by atoms with van der Waals surface area (Å²) in [5, 5.41) is 0. The molecule has 0 aromatic heterocycles. The second kappa shape index (κ2) is 72.9. The third-order valence-electron chi connectivity index (χ3n) is 21.8. The zero-order valence-corrected chi connectivity index (χ0v) is 70.0. The molecule has 1 aliphatic rings. The number of nitrogens with zero attached hydrogens (tertiary/aromatic N) is 2. The molecule has 2 aromatic rings. The predicted octanol–water partition coefficient (Wildman–Crippen LogP) is 34.1. The van der Waals surface area contributed by atoms with Gasteiger partial charge in [-0.25, -0.2) is 4.70 Å². The summed E-state index contributed by atoms with van der Waals surface area (Å²) in [5.74, 6) is 0. The molecule has 1 heterocycles. The minimum absolute atomic E-state index is 0. The molecule has 0 saturated carbocycles. The van der Waals surface area contributed by atoms with Crippen LogP contribution in [0.5, 0.6) is 0 Å². The molecule has 0 atom stereocenters. The molecular weight excluding hydrogens is 1240 g/mol. The third-order valence-corrected chi connectivity index (χ3v) is 21.8. The quantitative estimate of drug-likeness (QED) is 0.0273. The Balaban J connectivity index is 0.00000211. The minimum Gasteiger partial charge on any atom is -0.493 e. The van der Waals surface area contributed by atoms with Gasteiger partial charge in [0.05, 0.1) is 0 Å². The van der Waals surface area contributed by atoms with Gasteiger partial charge in [-0.3, -0.25) is 0 Å². The van der Waals surface area contributed by atoms with E-state index in [2.05, 4.69) is 107 Å². The molecule has 0 unspecified atom stereocenters. The summed E-state index contributed by atoms with van der Waals surface area (Å²) >= 11 is 0. The maximum Gasteiger partial charge on any atom is 2.00 e. The molecule has 2 nitrogen and oxygen atoms in total. The van der Waals surface area contributed by atoms with Crippen LogP contribution >= 0.6 is 0 Å². The molecule has 99 heavy (non-hydrogen) atoms. The molecular formula is C96H174N2Ni. The Morgan fingerprint density at radius 2 is 0.394 bits per heavy atom. The Morgan fingerprint density at radius 3 is 0.586 bits per heavy atom. The van der Waals surface area contributed by atoms with E-state index in [9.17, 15) is 5.53 Å². The molecule has 3 heteroatoms. The number of benzene rings is 2. The largest absolute Gasteiger partial charge is 2.00 e. The fraction of sp³-hybridized carbons (Fsp3) is 0.812.